The lowest BCUT2D eigenvalue weighted by Crippen LogP contribution is -2.29. The van der Waals surface area contributed by atoms with Gasteiger partial charge in [0.15, 0.2) is 0 Å². The maximum atomic E-state index is 6.09. The lowest BCUT2D eigenvalue weighted by atomic mass is 9.88. The molecule has 3 heteroatoms. The highest BCUT2D eigenvalue weighted by Crippen LogP contribution is 2.24. The van der Waals surface area contributed by atoms with Gasteiger partial charge in [0.05, 0.1) is 11.9 Å². The van der Waals surface area contributed by atoms with Crippen LogP contribution in [0, 0.1) is 5.92 Å². The monoisotopic (exact) mass is 210 g/mol. The molecular formula is C12H22N2O. The summed E-state index contributed by atoms with van der Waals surface area (Å²) in [5.41, 5.74) is 6.09. The molecule has 0 atom stereocenters. The van der Waals surface area contributed by atoms with Crippen molar-refractivity contribution in [3.63, 3.8) is 0 Å². The van der Waals surface area contributed by atoms with Crippen molar-refractivity contribution >= 4 is 5.84 Å². The van der Waals surface area contributed by atoms with E-state index in [0.717, 1.165) is 31.9 Å². The number of nitrogens with two attached hydrogens (primary N) is 1. The third-order valence-corrected chi connectivity index (χ3v) is 3.55. The van der Waals surface area contributed by atoms with Crippen molar-refractivity contribution in [2.24, 2.45) is 16.6 Å². The first-order valence-corrected chi connectivity index (χ1v) is 6.27. The van der Waals surface area contributed by atoms with Crippen molar-refractivity contribution in [3.05, 3.63) is 0 Å². The van der Waals surface area contributed by atoms with E-state index in [0.29, 0.717) is 12.0 Å². The molecule has 15 heavy (non-hydrogen) atoms. The molecule has 1 heterocycles. The lowest BCUT2D eigenvalue weighted by Gasteiger charge is -2.24. The standard InChI is InChI=1S/C12H22N2O/c13-12(10-4-2-1-3-5-10)14-11-6-8-15-9-7-11/h10-11H,1-9H2,(H2,13,14). The number of amidine groups is 1. The SMILES string of the molecule is NC(=NC1CCOCC1)C1CCCCC1. The number of aliphatic imine (C=N–C) groups is 1. The fourth-order valence-electron chi connectivity index (χ4n) is 2.53. The molecule has 0 aromatic heterocycles. The van der Waals surface area contributed by atoms with Crippen LogP contribution in [0.5, 0.6) is 0 Å². The molecule has 0 unspecified atom stereocenters. The van der Waals surface area contributed by atoms with E-state index in [1.165, 1.54) is 32.1 Å². The van der Waals surface area contributed by atoms with Crippen LogP contribution in [0.4, 0.5) is 0 Å². The average molecular weight is 210 g/mol. The minimum Gasteiger partial charge on any atom is -0.387 e. The molecule has 2 N–H and O–H groups in total. The van der Waals surface area contributed by atoms with E-state index in [-0.39, 0.29) is 0 Å². The van der Waals surface area contributed by atoms with Crippen LogP contribution in [0.25, 0.3) is 0 Å². The zero-order valence-corrected chi connectivity index (χ0v) is 9.45. The van der Waals surface area contributed by atoms with Crippen LogP contribution in [0.1, 0.15) is 44.9 Å². The average Bonchev–Trinajstić information content (AvgIpc) is 2.31. The fraction of sp³-hybridized carbons (Fsp3) is 0.917. The predicted molar refractivity (Wildman–Crippen MR) is 62.0 cm³/mol. The summed E-state index contributed by atoms with van der Waals surface area (Å²) in [5, 5.41) is 0. The van der Waals surface area contributed by atoms with Crippen molar-refractivity contribution in [2.75, 3.05) is 13.2 Å². The van der Waals surface area contributed by atoms with Gasteiger partial charge in [-0.3, -0.25) is 4.99 Å². The highest BCUT2D eigenvalue weighted by Gasteiger charge is 2.19. The van der Waals surface area contributed by atoms with Gasteiger partial charge in [-0.2, -0.15) is 0 Å². The molecule has 1 aliphatic heterocycles. The Balaban J connectivity index is 1.86. The highest BCUT2D eigenvalue weighted by molar-refractivity contribution is 5.83. The van der Waals surface area contributed by atoms with Crippen molar-refractivity contribution in [3.8, 4) is 0 Å². The maximum absolute atomic E-state index is 6.09. The minimum atomic E-state index is 0.431. The molecule has 0 bridgehead atoms. The molecule has 1 saturated carbocycles. The second kappa shape index (κ2) is 5.50. The predicted octanol–water partition coefficient (Wildman–Crippen LogP) is 2.10. The molecule has 0 amide bonds. The largest absolute Gasteiger partial charge is 0.387 e. The molecule has 1 saturated heterocycles. The van der Waals surface area contributed by atoms with E-state index in [4.69, 9.17) is 10.5 Å². The van der Waals surface area contributed by atoms with Crippen LogP contribution in [-0.4, -0.2) is 25.1 Å². The van der Waals surface area contributed by atoms with Gasteiger partial charge in [-0.15, -0.1) is 0 Å². The van der Waals surface area contributed by atoms with Crippen LogP contribution in [0.15, 0.2) is 4.99 Å². The number of hydrogen-bond donors (Lipinski definition) is 1. The van der Waals surface area contributed by atoms with Gasteiger partial charge in [0.1, 0.15) is 0 Å². The maximum Gasteiger partial charge on any atom is 0.0971 e. The van der Waals surface area contributed by atoms with Crippen LogP contribution in [0.3, 0.4) is 0 Å². The van der Waals surface area contributed by atoms with Gasteiger partial charge in [0, 0.05) is 19.1 Å². The molecule has 3 nitrogen and oxygen atoms in total. The van der Waals surface area contributed by atoms with Crippen LogP contribution < -0.4 is 5.73 Å². The van der Waals surface area contributed by atoms with E-state index in [2.05, 4.69) is 4.99 Å². The first kappa shape index (κ1) is 10.9. The smallest absolute Gasteiger partial charge is 0.0971 e. The second-order valence-electron chi connectivity index (χ2n) is 4.73. The summed E-state index contributed by atoms with van der Waals surface area (Å²) in [6, 6.07) is 0.431. The van der Waals surface area contributed by atoms with Crippen molar-refractivity contribution in [1.82, 2.24) is 0 Å². The summed E-state index contributed by atoms with van der Waals surface area (Å²) in [6.07, 6.45) is 8.63. The van der Waals surface area contributed by atoms with E-state index < -0.39 is 0 Å². The van der Waals surface area contributed by atoms with E-state index in [1.54, 1.807) is 0 Å². The second-order valence-corrected chi connectivity index (χ2v) is 4.73. The summed E-state index contributed by atoms with van der Waals surface area (Å²) in [6.45, 7) is 1.71. The Morgan fingerprint density at radius 2 is 1.67 bits per heavy atom. The molecular weight excluding hydrogens is 188 g/mol. The molecule has 86 valence electrons. The Bertz CT molecular complexity index is 216. The Kier molecular flexibility index (Phi) is 4.01. The van der Waals surface area contributed by atoms with Crippen molar-refractivity contribution in [1.29, 1.82) is 0 Å². The summed E-state index contributed by atoms with van der Waals surface area (Å²) in [7, 11) is 0. The first-order chi connectivity index (χ1) is 7.36. The van der Waals surface area contributed by atoms with E-state index in [9.17, 15) is 0 Å². The number of hydrogen-bond acceptors (Lipinski definition) is 2. The van der Waals surface area contributed by atoms with Gasteiger partial charge in [0.25, 0.3) is 0 Å². The molecule has 2 fully saturated rings. The molecule has 0 aromatic rings. The zero-order chi connectivity index (χ0) is 10.5. The number of nitrogens with zero attached hydrogens (tertiary/aromatic N) is 1. The van der Waals surface area contributed by atoms with Crippen molar-refractivity contribution < 1.29 is 4.74 Å². The topological polar surface area (TPSA) is 47.6 Å². The summed E-state index contributed by atoms with van der Waals surface area (Å²) in [4.78, 5) is 4.67. The Hall–Kier alpha value is -0.570. The third-order valence-electron chi connectivity index (χ3n) is 3.55. The minimum absolute atomic E-state index is 0.431. The molecule has 2 aliphatic rings. The van der Waals surface area contributed by atoms with Crippen LogP contribution in [0.2, 0.25) is 0 Å². The molecule has 0 spiro atoms. The molecule has 0 aromatic carbocycles. The van der Waals surface area contributed by atoms with Gasteiger partial charge in [-0.1, -0.05) is 19.3 Å². The van der Waals surface area contributed by atoms with Gasteiger partial charge in [-0.05, 0) is 25.7 Å². The number of rotatable bonds is 2. The Morgan fingerprint density at radius 1 is 1.00 bits per heavy atom. The summed E-state index contributed by atoms with van der Waals surface area (Å²) in [5.74, 6) is 1.49. The lowest BCUT2D eigenvalue weighted by molar-refractivity contribution is 0.0869. The third kappa shape index (κ3) is 3.20. The quantitative estimate of drug-likeness (QED) is 0.560. The van der Waals surface area contributed by atoms with Crippen LogP contribution >= 0.6 is 0 Å². The molecule has 2 rings (SSSR count). The van der Waals surface area contributed by atoms with Gasteiger partial charge < -0.3 is 10.5 Å². The van der Waals surface area contributed by atoms with Gasteiger partial charge >= 0.3 is 0 Å². The van der Waals surface area contributed by atoms with Gasteiger partial charge in [-0.25, -0.2) is 0 Å². The summed E-state index contributed by atoms with van der Waals surface area (Å²) >= 11 is 0. The fourth-order valence-corrected chi connectivity index (χ4v) is 2.53. The van der Waals surface area contributed by atoms with E-state index in [1.807, 2.05) is 0 Å². The normalized spacial score (nSPS) is 26.8. The Labute approximate surface area is 92.1 Å². The zero-order valence-electron chi connectivity index (χ0n) is 9.45. The first-order valence-electron chi connectivity index (χ1n) is 6.27. The summed E-state index contributed by atoms with van der Waals surface area (Å²) < 4.78 is 5.32. The molecule has 0 radical (unpaired) electrons. The van der Waals surface area contributed by atoms with Crippen LogP contribution in [-0.2, 0) is 4.74 Å². The Morgan fingerprint density at radius 3 is 2.33 bits per heavy atom. The van der Waals surface area contributed by atoms with Gasteiger partial charge in [0.2, 0.25) is 0 Å². The van der Waals surface area contributed by atoms with E-state index >= 15 is 0 Å². The number of ether oxygens (including phenoxy) is 1. The van der Waals surface area contributed by atoms with Crippen molar-refractivity contribution in [2.45, 2.75) is 51.0 Å². The highest BCUT2D eigenvalue weighted by atomic mass is 16.5. The molecule has 1 aliphatic carbocycles.